The number of hydrogen-bond acceptors (Lipinski definition) is 3. The molecular weight excluding hydrogens is 242 g/mol. The van der Waals surface area contributed by atoms with Gasteiger partial charge in [-0.05, 0) is 24.3 Å². The van der Waals surface area contributed by atoms with Gasteiger partial charge in [0.15, 0.2) is 6.61 Å². The molecule has 5 heteroatoms. The van der Waals surface area contributed by atoms with Crippen LogP contribution in [0.4, 0.5) is 0 Å². The van der Waals surface area contributed by atoms with E-state index in [1.165, 1.54) is 0 Å². The van der Waals surface area contributed by atoms with Crippen LogP contribution in [-0.4, -0.2) is 23.3 Å². The summed E-state index contributed by atoms with van der Waals surface area (Å²) in [5.74, 6) is 0.360. The van der Waals surface area contributed by atoms with E-state index in [4.69, 9.17) is 4.74 Å². The van der Waals surface area contributed by atoms with Gasteiger partial charge in [-0.25, -0.2) is 5.43 Å². The molecule has 0 saturated heterocycles. The molecule has 1 N–H and O–H groups in total. The average molecular weight is 257 g/mol. The lowest BCUT2D eigenvalue weighted by atomic mass is 10.3. The predicted octanol–water partition coefficient (Wildman–Crippen LogP) is 1.55. The van der Waals surface area contributed by atoms with Crippen LogP contribution in [0.1, 0.15) is 5.69 Å². The molecular formula is C14H15N3O2. The SMILES string of the molecule is Cn1cccc1C=NNC(=O)COc1ccccc1. The van der Waals surface area contributed by atoms with Crippen molar-refractivity contribution in [3.05, 3.63) is 54.4 Å². The monoisotopic (exact) mass is 257 g/mol. The summed E-state index contributed by atoms with van der Waals surface area (Å²) < 4.78 is 7.19. The van der Waals surface area contributed by atoms with E-state index in [0.717, 1.165) is 5.69 Å². The summed E-state index contributed by atoms with van der Waals surface area (Å²) in [6, 6.07) is 13.0. The minimum absolute atomic E-state index is 0.0610. The van der Waals surface area contributed by atoms with Crippen molar-refractivity contribution in [1.29, 1.82) is 0 Å². The Morgan fingerprint density at radius 3 is 2.79 bits per heavy atom. The van der Waals surface area contributed by atoms with Crippen molar-refractivity contribution in [3.8, 4) is 5.75 Å². The second-order valence-electron chi connectivity index (χ2n) is 3.94. The molecule has 98 valence electrons. The van der Waals surface area contributed by atoms with Gasteiger partial charge in [-0.1, -0.05) is 18.2 Å². The predicted molar refractivity (Wildman–Crippen MR) is 73.1 cm³/mol. The third-order valence-corrected chi connectivity index (χ3v) is 2.48. The number of para-hydroxylation sites is 1. The Morgan fingerprint density at radius 1 is 1.32 bits per heavy atom. The molecule has 1 amide bonds. The average Bonchev–Trinajstić information content (AvgIpc) is 2.83. The molecule has 1 aromatic carbocycles. The number of rotatable bonds is 5. The molecule has 0 aliphatic carbocycles. The number of carbonyl (C=O) groups is 1. The molecule has 2 aromatic rings. The summed E-state index contributed by atoms with van der Waals surface area (Å²) in [6.45, 7) is -0.0610. The highest BCUT2D eigenvalue weighted by Gasteiger charge is 2.00. The van der Waals surface area contributed by atoms with Crippen LogP contribution in [0.2, 0.25) is 0 Å². The van der Waals surface area contributed by atoms with E-state index in [1.807, 2.05) is 48.1 Å². The van der Waals surface area contributed by atoms with Gasteiger partial charge in [0.05, 0.1) is 11.9 Å². The summed E-state index contributed by atoms with van der Waals surface area (Å²) >= 11 is 0. The Labute approximate surface area is 111 Å². The number of aryl methyl sites for hydroxylation is 1. The van der Waals surface area contributed by atoms with Gasteiger partial charge in [-0.2, -0.15) is 5.10 Å². The molecule has 0 fully saturated rings. The number of benzene rings is 1. The molecule has 0 unspecified atom stereocenters. The standard InChI is InChI=1S/C14H15N3O2/c1-17-9-5-6-12(17)10-15-16-14(18)11-19-13-7-3-2-4-8-13/h2-10H,11H2,1H3,(H,16,18). The van der Waals surface area contributed by atoms with Crippen molar-refractivity contribution in [2.45, 2.75) is 0 Å². The Kier molecular flexibility index (Phi) is 4.34. The van der Waals surface area contributed by atoms with E-state index in [0.29, 0.717) is 5.75 Å². The van der Waals surface area contributed by atoms with Crippen molar-refractivity contribution < 1.29 is 9.53 Å². The van der Waals surface area contributed by atoms with E-state index >= 15 is 0 Å². The normalized spacial score (nSPS) is 10.6. The highest BCUT2D eigenvalue weighted by atomic mass is 16.5. The van der Waals surface area contributed by atoms with E-state index in [9.17, 15) is 4.79 Å². The first-order valence-electron chi connectivity index (χ1n) is 5.87. The molecule has 0 radical (unpaired) electrons. The number of ether oxygens (including phenoxy) is 1. The molecule has 0 bridgehead atoms. The summed E-state index contributed by atoms with van der Waals surface area (Å²) in [7, 11) is 1.90. The van der Waals surface area contributed by atoms with Gasteiger partial charge in [0.2, 0.25) is 0 Å². The van der Waals surface area contributed by atoms with E-state index < -0.39 is 0 Å². The highest BCUT2D eigenvalue weighted by Crippen LogP contribution is 2.07. The maximum atomic E-state index is 11.5. The molecule has 19 heavy (non-hydrogen) atoms. The number of amides is 1. The second kappa shape index (κ2) is 6.39. The number of nitrogens with zero attached hydrogens (tertiary/aromatic N) is 2. The molecule has 1 heterocycles. The molecule has 1 aromatic heterocycles. The molecule has 0 aliphatic heterocycles. The lowest BCUT2D eigenvalue weighted by Crippen LogP contribution is -2.24. The van der Waals surface area contributed by atoms with Gasteiger partial charge < -0.3 is 9.30 Å². The van der Waals surface area contributed by atoms with Gasteiger partial charge in [0, 0.05) is 13.2 Å². The quantitative estimate of drug-likeness (QED) is 0.652. The minimum atomic E-state index is -0.297. The number of aromatic nitrogens is 1. The van der Waals surface area contributed by atoms with Crippen molar-refractivity contribution in [2.24, 2.45) is 12.1 Å². The van der Waals surface area contributed by atoms with Crippen molar-refractivity contribution in [1.82, 2.24) is 9.99 Å². The second-order valence-corrected chi connectivity index (χ2v) is 3.94. The van der Waals surface area contributed by atoms with Crippen LogP contribution in [0.15, 0.2) is 53.8 Å². The van der Waals surface area contributed by atoms with Crippen LogP contribution < -0.4 is 10.2 Å². The lowest BCUT2D eigenvalue weighted by molar-refractivity contribution is -0.123. The third kappa shape index (κ3) is 3.99. The molecule has 5 nitrogen and oxygen atoms in total. The Hall–Kier alpha value is -2.56. The fourth-order valence-corrected chi connectivity index (χ4v) is 1.48. The van der Waals surface area contributed by atoms with Crippen LogP contribution >= 0.6 is 0 Å². The smallest absolute Gasteiger partial charge is 0.277 e. The summed E-state index contributed by atoms with van der Waals surface area (Å²) in [6.07, 6.45) is 3.49. The molecule has 2 rings (SSSR count). The Bertz CT molecular complexity index is 561. The number of carbonyl (C=O) groups excluding carboxylic acids is 1. The van der Waals surface area contributed by atoms with Crippen LogP contribution in [0.3, 0.4) is 0 Å². The van der Waals surface area contributed by atoms with Gasteiger partial charge in [-0.15, -0.1) is 0 Å². The topological polar surface area (TPSA) is 55.6 Å². The molecule has 0 aliphatic rings. The van der Waals surface area contributed by atoms with Crippen LogP contribution in [-0.2, 0) is 11.8 Å². The highest BCUT2D eigenvalue weighted by molar-refractivity contribution is 5.81. The lowest BCUT2D eigenvalue weighted by Gasteiger charge is -2.04. The van der Waals surface area contributed by atoms with Gasteiger partial charge >= 0.3 is 0 Å². The number of nitrogens with one attached hydrogen (secondary N) is 1. The van der Waals surface area contributed by atoms with E-state index in [-0.39, 0.29) is 12.5 Å². The summed E-state index contributed by atoms with van der Waals surface area (Å²) in [5, 5.41) is 3.86. The fourth-order valence-electron chi connectivity index (χ4n) is 1.48. The molecule has 0 saturated carbocycles. The third-order valence-electron chi connectivity index (χ3n) is 2.48. The largest absolute Gasteiger partial charge is 0.484 e. The van der Waals surface area contributed by atoms with Gasteiger partial charge in [0.1, 0.15) is 5.75 Å². The summed E-state index contributed by atoms with van der Waals surface area (Å²) in [5.41, 5.74) is 3.32. The Morgan fingerprint density at radius 2 is 2.11 bits per heavy atom. The van der Waals surface area contributed by atoms with Crippen LogP contribution in [0.5, 0.6) is 5.75 Å². The van der Waals surface area contributed by atoms with Gasteiger partial charge in [-0.3, -0.25) is 4.79 Å². The van der Waals surface area contributed by atoms with Crippen molar-refractivity contribution in [3.63, 3.8) is 0 Å². The Balaban J connectivity index is 1.76. The number of hydrazone groups is 1. The maximum Gasteiger partial charge on any atom is 0.277 e. The molecule has 0 atom stereocenters. The fraction of sp³-hybridized carbons (Fsp3) is 0.143. The van der Waals surface area contributed by atoms with Crippen LogP contribution in [0.25, 0.3) is 0 Å². The zero-order valence-corrected chi connectivity index (χ0v) is 10.6. The first-order valence-corrected chi connectivity index (χ1v) is 5.87. The van der Waals surface area contributed by atoms with E-state index in [2.05, 4.69) is 10.5 Å². The molecule has 0 spiro atoms. The minimum Gasteiger partial charge on any atom is -0.484 e. The number of hydrogen-bond donors (Lipinski definition) is 1. The van der Waals surface area contributed by atoms with Gasteiger partial charge in [0.25, 0.3) is 5.91 Å². The first-order chi connectivity index (χ1) is 9.25. The van der Waals surface area contributed by atoms with Crippen molar-refractivity contribution >= 4 is 12.1 Å². The zero-order chi connectivity index (χ0) is 13.5. The van der Waals surface area contributed by atoms with E-state index in [1.54, 1.807) is 18.3 Å². The van der Waals surface area contributed by atoms with Crippen LogP contribution in [0, 0.1) is 0 Å². The zero-order valence-electron chi connectivity index (χ0n) is 10.6. The maximum absolute atomic E-state index is 11.5. The first kappa shape index (κ1) is 12.9. The summed E-state index contributed by atoms with van der Waals surface area (Å²) in [4.78, 5) is 11.5. The van der Waals surface area contributed by atoms with Crippen molar-refractivity contribution in [2.75, 3.05) is 6.61 Å².